The fraction of sp³-hybridized carbons (Fsp3) is 0.0714. The zero-order valence-electron chi connectivity index (χ0n) is 10.6. The highest BCUT2D eigenvalue weighted by atomic mass is 35.5. The highest BCUT2D eigenvalue weighted by Gasteiger charge is 2.08. The third-order valence-electron chi connectivity index (χ3n) is 2.61. The largest absolute Gasteiger partial charge is 0.435 e. The Morgan fingerprint density at radius 3 is 2.43 bits per heavy atom. The molecular weight excluding hydrogens is 318 g/mol. The summed E-state index contributed by atoms with van der Waals surface area (Å²) in [6, 6.07) is 11.2. The van der Waals surface area contributed by atoms with E-state index in [4.69, 9.17) is 29.6 Å². The van der Waals surface area contributed by atoms with Crippen molar-refractivity contribution in [2.45, 2.75) is 6.61 Å². The number of hydrogen-bond acceptors (Lipinski definition) is 3. The quantitative estimate of drug-likeness (QED) is 0.802. The zero-order chi connectivity index (χ0) is 15.4. The summed E-state index contributed by atoms with van der Waals surface area (Å²) in [6.07, 6.45) is 0. The molecule has 0 heterocycles. The van der Waals surface area contributed by atoms with Gasteiger partial charge in [0.2, 0.25) is 0 Å². The summed E-state index contributed by atoms with van der Waals surface area (Å²) in [6.45, 7) is -2.85. The number of ether oxygens (including phenoxy) is 1. The molecule has 0 atom stereocenters. The second kappa shape index (κ2) is 6.69. The fourth-order valence-electron chi connectivity index (χ4n) is 1.70. The molecule has 7 heteroatoms. The maximum Gasteiger partial charge on any atom is 0.387 e. The van der Waals surface area contributed by atoms with E-state index < -0.39 is 6.61 Å². The van der Waals surface area contributed by atoms with Gasteiger partial charge in [-0.2, -0.15) is 8.78 Å². The molecule has 0 unspecified atom stereocenters. The number of benzene rings is 2. The van der Waals surface area contributed by atoms with Gasteiger partial charge in [-0.25, -0.2) is 0 Å². The van der Waals surface area contributed by atoms with Crippen molar-refractivity contribution in [2.24, 2.45) is 5.73 Å². The van der Waals surface area contributed by atoms with E-state index in [1.807, 2.05) is 0 Å². The number of alkyl halides is 2. The first-order valence-electron chi connectivity index (χ1n) is 5.87. The Bertz CT molecular complexity index is 650. The van der Waals surface area contributed by atoms with Crippen LogP contribution in [0.3, 0.4) is 0 Å². The standard InChI is InChI=1S/C14H11ClF2N2OS/c15-8-1-6-12(11(7-8)13(18)21)19-9-2-4-10(5-3-9)20-14(16)17/h1-7,14,19H,(H2,18,21). The normalized spacial score (nSPS) is 10.5. The number of thiocarbonyl (C=S) groups is 1. The zero-order valence-corrected chi connectivity index (χ0v) is 12.2. The molecule has 0 bridgehead atoms. The van der Waals surface area contributed by atoms with Crippen LogP contribution in [0.25, 0.3) is 0 Å². The molecule has 0 aliphatic rings. The molecule has 0 radical (unpaired) electrons. The first-order valence-corrected chi connectivity index (χ1v) is 6.65. The molecule has 110 valence electrons. The summed E-state index contributed by atoms with van der Waals surface area (Å²) >= 11 is 10.9. The summed E-state index contributed by atoms with van der Waals surface area (Å²) in [5.41, 5.74) is 7.60. The third-order valence-corrected chi connectivity index (χ3v) is 3.06. The van der Waals surface area contributed by atoms with E-state index in [1.54, 1.807) is 30.3 Å². The molecule has 21 heavy (non-hydrogen) atoms. The number of nitrogens with two attached hydrogens (primary N) is 1. The van der Waals surface area contributed by atoms with Crippen LogP contribution in [-0.2, 0) is 0 Å². The SMILES string of the molecule is NC(=S)c1cc(Cl)ccc1Nc1ccc(OC(F)F)cc1. The number of halogens is 3. The Morgan fingerprint density at radius 1 is 1.19 bits per heavy atom. The van der Waals surface area contributed by atoms with Crippen LogP contribution in [-0.4, -0.2) is 11.6 Å². The molecule has 3 nitrogen and oxygen atoms in total. The van der Waals surface area contributed by atoms with Gasteiger partial charge in [-0.15, -0.1) is 0 Å². The molecule has 2 aromatic rings. The van der Waals surface area contributed by atoms with E-state index in [2.05, 4.69) is 10.1 Å². The van der Waals surface area contributed by atoms with E-state index in [0.717, 1.165) is 0 Å². The molecule has 0 aromatic heterocycles. The summed E-state index contributed by atoms with van der Waals surface area (Å²) in [4.78, 5) is 0.206. The number of nitrogens with one attached hydrogen (secondary N) is 1. The van der Waals surface area contributed by atoms with Crippen LogP contribution >= 0.6 is 23.8 Å². The van der Waals surface area contributed by atoms with Crippen LogP contribution in [0.1, 0.15) is 5.56 Å². The Labute approximate surface area is 130 Å². The minimum Gasteiger partial charge on any atom is -0.435 e. The van der Waals surface area contributed by atoms with Gasteiger partial charge in [0.05, 0.1) is 0 Å². The summed E-state index contributed by atoms with van der Waals surface area (Å²) < 4.78 is 28.4. The lowest BCUT2D eigenvalue weighted by Gasteiger charge is -2.12. The van der Waals surface area contributed by atoms with Crippen molar-refractivity contribution in [3.8, 4) is 5.75 Å². The second-order valence-corrected chi connectivity index (χ2v) is 4.96. The van der Waals surface area contributed by atoms with Gasteiger partial charge in [-0.3, -0.25) is 0 Å². The molecule has 0 aliphatic carbocycles. The van der Waals surface area contributed by atoms with Gasteiger partial charge in [-0.1, -0.05) is 23.8 Å². The Kier molecular flexibility index (Phi) is 4.93. The van der Waals surface area contributed by atoms with Crippen molar-refractivity contribution in [1.29, 1.82) is 0 Å². The molecule has 0 saturated carbocycles. The van der Waals surface area contributed by atoms with Crippen molar-refractivity contribution >= 4 is 40.2 Å². The summed E-state index contributed by atoms with van der Waals surface area (Å²) in [5.74, 6) is 0.0845. The van der Waals surface area contributed by atoms with Gasteiger partial charge in [0.25, 0.3) is 0 Å². The van der Waals surface area contributed by atoms with Crippen LogP contribution in [0.4, 0.5) is 20.2 Å². The van der Waals surface area contributed by atoms with E-state index in [-0.39, 0.29) is 10.7 Å². The molecule has 2 rings (SSSR count). The van der Waals surface area contributed by atoms with Crippen molar-refractivity contribution in [2.75, 3.05) is 5.32 Å². The maximum absolute atomic E-state index is 12.1. The van der Waals surface area contributed by atoms with E-state index in [0.29, 0.717) is 22.0 Å². The van der Waals surface area contributed by atoms with E-state index in [1.165, 1.54) is 12.1 Å². The second-order valence-electron chi connectivity index (χ2n) is 4.08. The highest BCUT2D eigenvalue weighted by Crippen LogP contribution is 2.26. The lowest BCUT2D eigenvalue weighted by Crippen LogP contribution is -2.12. The van der Waals surface area contributed by atoms with Gasteiger partial charge in [0.1, 0.15) is 10.7 Å². The fourth-order valence-corrected chi connectivity index (χ4v) is 2.05. The third kappa shape index (κ3) is 4.27. The topological polar surface area (TPSA) is 47.3 Å². The Hall–Kier alpha value is -1.92. The van der Waals surface area contributed by atoms with Crippen molar-refractivity contribution in [3.05, 3.63) is 53.1 Å². The molecule has 3 N–H and O–H groups in total. The van der Waals surface area contributed by atoms with Gasteiger partial charge < -0.3 is 15.8 Å². The predicted molar refractivity (Wildman–Crippen MR) is 83.7 cm³/mol. The molecule has 0 saturated heterocycles. The first kappa shape index (κ1) is 15.5. The van der Waals surface area contributed by atoms with Gasteiger partial charge >= 0.3 is 6.61 Å². The van der Waals surface area contributed by atoms with Gasteiger partial charge in [-0.05, 0) is 42.5 Å². The number of hydrogen-bond donors (Lipinski definition) is 2. The summed E-state index contributed by atoms with van der Waals surface area (Å²) in [7, 11) is 0. The minimum absolute atomic E-state index is 0.0845. The van der Waals surface area contributed by atoms with Crippen molar-refractivity contribution < 1.29 is 13.5 Å². The monoisotopic (exact) mass is 328 g/mol. The number of rotatable bonds is 5. The Balaban J connectivity index is 2.20. The molecule has 0 fully saturated rings. The van der Waals surface area contributed by atoms with Crippen LogP contribution in [0.5, 0.6) is 5.75 Å². The van der Waals surface area contributed by atoms with Gasteiger partial charge in [0, 0.05) is 22.0 Å². The van der Waals surface area contributed by atoms with Crippen LogP contribution in [0.15, 0.2) is 42.5 Å². The average molecular weight is 329 g/mol. The van der Waals surface area contributed by atoms with Crippen molar-refractivity contribution in [3.63, 3.8) is 0 Å². The molecular formula is C14H11ClF2N2OS. The lowest BCUT2D eigenvalue weighted by molar-refractivity contribution is -0.0498. The number of anilines is 2. The van der Waals surface area contributed by atoms with Gasteiger partial charge in [0.15, 0.2) is 0 Å². The van der Waals surface area contributed by atoms with Crippen molar-refractivity contribution in [1.82, 2.24) is 0 Å². The summed E-state index contributed by atoms with van der Waals surface area (Å²) in [5, 5.41) is 3.61. The molecule has 0 spiro atoms. The minimum atomic E-state index is -2.85. The first-order chi connectivity index (χ1) is 9.95. The molecule has 2 aromatic carbocycles. The van der Waals surface area contributed by atoms with E-state index in [9.17, 15) is 8.78 Å². The lowest BCUT2D eigenvalue weighted by atomic mass is 10.1. The highest BCUT2D eigenvalue weighted by molar-refractivity contribution is 7.80. The smallest absolute Gasteiger partial charge is 0.387 e. The van der Waals surface area contributed by atoms with Crippen LogP contribution in [0.2, 0.25) is 5.02 Å². The molecule has 0 amide bonds. The Morgan fingerprint density at radius 2 is 1.86 bits per heavy atom. The van der Waals surface area contributed by atoms with E-state index >= 15 is 0 Å². The predicted octanol–water partition coefficient (Wildman–Crippen LogP) is 4.32. The van der Waals surface area contributed by atoms with Crippen LogP contribution < -0.4 is 15.8 Å². The van der Waals surface area contributed by atoms with Crippen LogP contribution in [0, 0.1) is 0 Å². The maximum atomic E-state index is 12.1. The molecule has 0 aliphatic heterocycles. The average Bonchev–Trinajstić information content (AvgIpc) is 2.42.